The zero-order valence-corrected chi connectivity index (χ0v) is 11.0. The number of carbonyl (C=O) groups is 1. The third-order valence-corrected chi connectivity index (χ3v) is 4.45. The van der Waals surface area contributed by atoms with Gasteiger partial charge in [0.05, 0.1) is 0 Å². The summed E-state index contributed by atoms with van der Waals surface area (Å²) in [5.74, 6) is 0. The summed E-state index contributed by atoms with van der Waals surface area (Å²) >= 11 is 6.01. The minimum atomic E-state index is -1.64. The first-order valence-electron chi connectivity index (χ1n) is 4.66. The summed E-state index contributed by atoms with van der Waals surface area (Å²) < 4.78 is 0. The number of hydrogen-bond acceptors (Lipinski definition) is 1. The molecule has 0 spiro atoms. The first kappa shape index (κ1) is 12.9. The SMILES string of the molecule is CC/C(C)=C(/Cl)CC(=O)[Si](C)(C)C. The molecule has 0 atom stereocenters. The molecule has 0 aliphatic rings. The van der Waals surface area contributed by atoms with Gasteiger partial charge in [0.25, 0.3) is 0 Å². The molecule has 13 heavy (non-hydrogen) atoms. The standard InChI is InChI=1S/C10H19ClOSi/c1-6-8(2)9(11)7-10(12)13(3,4)5/h6-7H2,1-5H3/b9-8+. The Morgan fingerprint density at radius 3 is 2.08 bits per heavy atom. The van der Waals surface area contributed by atoms with Crippen molar-refractivity contribution in [1.82, 2.24) is 0 Å². The van der Waals surface area contributed by atoms with Crippen LogP contribution >= 0.6 is 11.6 Å². The predicted molar refractivity (Wildman–Crippen MR) is 61.8 cm³/mol. The third-order valence-electron chi connectivity index (χ3n) is 2.15. The van der Waals surface area contributed by atoms with Gasteiger partial charge in [-0.05, 0) is 13.3 Å². The van der Waals surface area contributed by atoms with E-state index in [0.717, 1.165) is 17.0 Å². The summed E-state index contributed by atoms with van der Waals surface area (Å²) in [7, 11) is -1.64. The molecule has 0 aliphatic carbocycles. The molecular weight excluding hydrogens is 200 g/mol. The first-order chi connectivity index (χ1) is 5.79. The Morgan fingerprint density at radius 2 is 1.77 bits per heavy atom. The maximum atomic E-state index is 11.6. The second kappa shape index (κ2) is 4.96. The Labute approximate surface area is 87.2 Å². The number of halogens is 1. The van der Waals surface area contributed by atoms with Crippen LogP contribution in [0.4, 0.5) is 0 Å². The van der Waals surface area contributed by atoms with E-state index < -0.39 is 8.07 Å². The summed E-state index contributed by atoms with van der Waals surface area (Å²) in [6.45, 7) is 10.2. The second-order valence-electron chi connectivity index (χ2n) is 4.39. The van der Waals surface area contributed by atoms with Crippen molar-refractivity contribution in [3.63, 3.8) is 0 Å². The summed E-state index contributed by atoms with van der Waals surface area (Å²) in [6.07, 6.45) is 1.37. The van der Waals surface area contributed by atoms with Crippen LogP contribution in [-0.4, -0.2) is 13.5 Å². The van der Waals surface area contributed by atoms with Gasteiger partial charge in [-0.1, -0.05) is 43.7 Å². The molecule has 1 nitrogen and oxygen atoms in total. The van der Waals surface area contributed by atoms with E-state index in [1.54, 1.807) is 0 Å². The molecule has 0 saturated carbocycles. The van der Waals surface area contributed by atoms with Crippen molar-refractivity contribution in [3.05, 3.63) is 10.6 Å². The van der Waals surface area contributed by atoms with Crippen molar-refractivity contribution >= 4 is 25.1 Å². The smallest absolute Gasteiger partial charge is 0.124 e. The highest BCUT2D eigenvalue weighted by atomic mass is 35.5. The Kier molecular flexibility index (Phi) is 4.93. The fraction of sp³-hybridized carbons (Fsp3) is 0.700. The Bertz CT molecular complexity index is 226. The maximum Gasteiger partial charge on any atom is 0.124 e. The van der Waals surface area contributed by atoms with Crippen LogP contribution in [0.15, 0.2) is 10.6 Å². The van der Waals surface area contributed by atoms with Crippen LogP contribution in [0.3, 0.4) is 0 Å². The van der Waals surface area contributed by atoms with Crippen LogP contribution in [0.2, 0.25) is 19.6 Å². The van der Waals surface area contributed by atoms with E-state index in [4.69, 9.17) is 11.6 Å². The monoisotopic (exact) mass is 218 g/mol. The highest BCUT2D eigenvalue weighted by molar-refractivity contribution is 7.03. The molecule has 0 rings (SSSR count). The molecule has 0 aromatic carbocycles. The lowest BCUT2D eigenvalue weighted by molar-refractivity contribution is -0.112. The van der Waals surface area contributed by atoms with Crippen LogP contribution in [0, 0.1) is 0 Å². The van der Waals surface area contributed by atoms with Crippen molar-refractivity contribution in [2.75, 3.05) is 0 Å². The molecule has 0 aliphatic heterocycles. The zero-order chi connectivity index (χ0) is 10.6. The highest BCUT2D eigenvalue weighted by Gasteiger charge is 2.24. The molecule has 0 aromatic rings. The number of hydrogen-bond donors (Lipinski definition) is 0. The lowest BCUT2D eigenvalue weighted by Gasteiger charge is -2.14. The van der Waals surface area contributed by atoms with E-state index >= 15 is 0 Å². The lowest BCUT2D eigenvalue weighted by atomic mass is 10.2. The quantitative estimate of drug-likeness (QED) is 0.657. The van der Waals surface area contributed by atoms with Crippen molar-refractivity contribution in [3.8, 4) is 0 Å². The molecule has 0 aromatic heterocycles. The van der Waals surface area contributed by atoms with Gasteiger partial charge >= 0.3 is 0 Å². The lowest BCUT2D eigenvalue weighted by Crippen LogP contribution is -2.33. The van der Waals surface area contributed by atoms with Gasteiger partial charge in [-0.25, -0.2) is 0 Å². The molecule has 0 unspecified atom stereocenters. The minimum absolute atomic E-state index is 0.338. The number of carbonyl (C=O) groups excluding carboxylic acids is 1. The molecule has 0 saturated heterocycles. The average Bonchev–Trinajstić information content (AvgIpc) is 2.01. The molecule has 0 radical (unpaired) electrons. The van der Waals surface area contributed by atoms with Gasteiger partial charge in [0.1, 0.15) is 13.5 Å². The molecule has 76 valence electrons. The fourth-order valence-electron chi connectivity index (χ4n) is 0.749. The van der Waals surface area contributed by atoms with Gasteiger partial charge in [-0.15, -0.1) is 0 Å². The fourth-order valence-corrected chi connectivity index (χ4v) is 1.82. The van der Waals surface area contributed by atoms with Gasteiger partial charge in [0, 0.05) is 11.5 Å². The molecule has 0 amide bonds. The maximum absolute atomic E-state index is 11.6. The normalized spacial score (nSPS) is 14.0. The predicted octanol–water partition coefficient (Wildman–Crippen LogP) is 3.75. The van der Waals surface area contributed by atoms with Gasteiger partial charge in [0.2, 0.25) is 0 Å². The molecule has 0 heterocycles. The Morgan fingerprint density at radius 1 is 1.31 bits per heavy atom. The third kappa shape index (κ3) is 4.63. The van der Waals surface area contributed by atoms with Gasteiger partial charge < -0.3 is 4.79 Å². The van der Waals surface area contributed by atoms with Gasteiger partial charge in [0.15, 0.2) is 0 Å². The summed E-state index contributed by atoms with van der Waals surface area (Å²) in [4.78, 5) is 11.6. The summed E-state index contributed by atoms with van der Waals surface area (Å²) in [5, 5.41) is 1.08. The van der Waals surface area contributed by atoms with E-state index in [0.29, 0.717) is 11.8 Å². The highest BCUT2D eigenvalue weighted by Crippen LogP contribution is 2.19. The molecule has 3 heteroatoms. The minimum Gasteiger partial charge on any atom is -0.305 e. The van der Waals surface area contributed by atoms with Crippen LogP contribution < -0.4 is 0 Å². The molecule has 0 N–H and O–H groups in total. The summed E-state index contributed by atoms with van der Waals surface area (Å²) in [6, 6.07) is 0. The second-order valence-corrected chi connectivity index (χ2v) is 9.90. The molecule has 0 bridgehead atoms. The van der Waals surface area contributed by atoms with Crippen molar-refractivity contribution in [2.45, 2.75) is 46.3 Å². The van der Waals surface area contributed by atoms with Crippen LogP contribution in [0.25, 0.3) is 0 Å². The van der Waals surface area contributed by atoms with E-state index in [9.17, 15) is 4.79 Å². The summed E-state index contributed by atoms with van der Waals surface area (Å²) in [5.41, 5.74) is 1.13. The molecular formula is C10H19ClOSi. The van der Waals surface area contributed by atoms with E-state index in [-0.39, 0.29) is 0 Å². The Balaban J connectivity index is 4.40. The number of allylic oxidation sites excluding steroid dienone is 2. The van der Waals surface area contributed by atoms with Gasteiger partial charge in [-0.3, -0.25) is 0 Å². The van der Waals surface area contributed by atoms with Crippen LogP contribution in [0.5, 0.6) is 0 Å². The number of rotatable bonds is 4. The molecule has 0 fully saturated rings. The Hall–Kier alpha value is -0.0831. The topological polar surface area (TPSA) is 17.1 Å². The van der Waals surface area contributed by atoms with Crippen molar-refractivity contribution < 1.29 is 4.79 Å². The van der Waals surface area contributed by atoms with E-state index in [1.165, 1.54) is 0 Å². The van der Waals surface area contributed by atoms with Crippen LogP contribution in [-0.2, 0) is 4.79 Å². The zero-order valence-electron chi connectivity index (χ0n) is 9.20. The average molecular weight is 219 g/mol. The van der Waals surface area contributed by atoms with Crippen molar-refractivity contribution in [2.24, 2.45) is 0 Å². The van der Waals surface area contributed by atoms with Crippen molar-refractivity contribution in [1.29, 1.82) is 0 Å². The first-order valence-corrected chi connectivity index (χ1v) is 8.54. The van der Waals surface area contributed by atoms with Crippen LogP contribution in [0.1, 0.15) is 26.7 Å². The van der Waals surface area contributed by atoms with E-state index in [1.807, 2.05) is 6.92 Å². The van der Waals surface area contributed by atoms with Gasteiger partial charge in [-0.2, -0.15) is 0 Å². The largest absolute Gasteiger partial charge is 0.305 e. The van der Waals surface area contributed by atoms with E-state index in [2.05, 4.69) is 26.6 Å².